The summed E-state index contributed by atoms with van der Waals surface area (Å²) in [4.78, 5) is 2.56. The Morgan fingerprint density at radius 3 is 2.85 bits per heavy atom. The van der Waals surface area contributed by atoms with E-state index in [-0.39, 0.29) is 11.4 Å². The molecule has 1 aromatic carbocycles. The number of ether oxygens (including phenoxy) is 1. The van der Waals surface area contributed by atoms with Crippen LogP contribution in [0.1, 0.15) is 0 Å². The Labute approximate surface area is 87.5 Å². The summed E-state index contributed by atoms with van der Waals surface area (Å²) < 4.78 is 18.5. The lowest BCUT2D eigenvalue weighted by molar-refractivity contribution is 0.386. The Kier molecular flexibility index (Phi) is 3.32. The molecular weight excluding hydrogens is 288 g/mol. The SMILES string of the molecule is COc1c(N=[N+]=[N-])ccc(I)c1F. The largest absolute Gasteiger partial charge is 0.493 e. The maximum absolute atomic E-state index is 13.3. The number of nitrogens with zero attached hydrogens (tertiary/aromatic N) is 3. The van der Waals surface area contributed by atoms with E-state index in [9.17, 15) is 4.39 Å². The molecule has 0 amide bonds. The third-order valence-electron chi connectivity index (χ3n) is 1.39. The Bertz CT molecular complexity index is 376. The topological polar surface area (TPSA) is 58.0 Å². The van der Waals surface area contributed by atoms with Crippen molar-refractivity contribution in [3.63, 3.8) is 0 Å². The van der Waals surface area contributed by atoms with E-state index in [1.165, 1.54) is 19.2 Å². The van der Waals surface area contributed by atoms with Gasteiger partial charge in [0.2, 0.25) is 0 Å². The van der Waals surface area contributed by atoms with Gasteiger partial charge in [0, 0.05) is 4.91 Å². The van der Waals surface area contributed by atoms with E-state index in [2.05, 4.69) is 10.0 Å². The van der Waals surface area contributed by atoms with Crippen molar-refractivity contribution in [1.82, 2.24) is 0 Å². The fourth-order valence-corrected chi connectivity index (χ4v) is 1.27. The molecule has 68 valence electrons. The second-order valence-electron chi connectivity index (χ2n) is 2.10. The fourth-order valence-electron chi connectivity index (χ4n) is 0.843. The summed E-state index contributed by atoms with van der Waals surface area (Å²) >= 11 is 1.83. The maximum atomic E-state index is 13.3. The number of methoxy groups -OCH3 is 1. The first kappa shape index (κ1) is 10.1. The first-order valence-corrected chi connectivity index (χ1v) is 4.35. The highest BCUT2D eigenvalue weighted by molar-refractivity contribution is 14.1. The molecule has 0 saturated carbocycles. The lowest BCUT2D eigenvalue weighted by atomic mass is 10.3. The summed E-state index contributed by atoms with van der Waals surface area (Å²) in [5.74, 6) is -0.530. The molecule has 0 aliphatic heterocycles. The monoisotopic (exact) mass is 293 g/mol. The summed E-state index contributed by atoms with van der Waals surface area (Å²) in [6, 6.07) is 3.02. The predicted octanol–water partition coefficient (Wildman–Crippen LogP) is 3.38. The van der Waals surface area contributed by atoms with Gasteiger partial charge >= 0.3 is 0 Å². The van der Waals surface area contributed by atoms with Crippen LogP contribution in [-0.2, 0) is 0 Å². The molecule has 0 atom stereocenters. The van der Waals surface area contributed by atoms with Crippen molar-refractivity contribution in [2.45, 2.75) is 0 Å². The zero-order valence-corrected chi connectivity index (χ0v) is 8.82. The molecule has 0 bridgehead atoms. The first-order chi connectivity index (χ1) is 6.20. The molecule has 0 aliphatic carbocycles. The van der Waals surface area contributed by atoms with E-state index < -0.39 is 5.82 Å². The third-order valence-corrected chi connectivity index (χ3v) is 2.22. The van der Waals surface area contributed by atoms with Gasteiger partial charge in [0.1, 0.15) is 0 Å². The Morgan fingerprint density at radius 1 is 1.62 bits per heavy atom. The minimum Gasteiger partial charge on any atom is -0.493 e. The number of benzene rings is 1. The van der Waals surface area contributed by atoms with Gasteiger partial charge in [-0.05, 0) is 40.3 Å². The van der Waals surface area contributed by atoms with Gasteiger partial charge in [-0.15, -0.1) is 0 Å². The summed E-state index contributed by atoms with van der Waals surface area (Å²) in [6.07, 6.45) is 0. The van der Waals surface area contributed by atoms with E-state index in [4.69, 9.17) is 10.3 Å². The quantitative estimate of drug-likeness (QED) is 0.357. The van der Waals surface area contributed by atoms with Crippen LogP contribution in [-0.4, -0.2) is 7.11 Å². The molecule has 6 heteroatoms. The minimum atomic E-state index is -0.506. The Morgan fingerprint density at radius 2 is 2.31 bits per heavy atom. The van der Waals surface area contributed by atoms with E-state index in [1.54, 1.807) is 0 Å². The average molecular weight is 293 g/mol. The van der Waals surface area contributed by atoms with Crippen LogP contribution in [0.5, 0.6) is 5.75 Å². The second kappa shape index (κ2) is 4.29. The summed E-state index contributed by atoms with van der Waals surface area (Å²) in [5, 5.41) is 3.29. The number of hydrogen-bond acceptors (Lipinski definition) is 2. The van der Waals surface area contributed by atoms with Crippen molar-refractivity contribution in [2.24, 2.45) is 5.11 Å². The Hall–Kier alpha value is -1.01. The molecule has 1 aromatic rings. The maximum Gasteiger partial charge on any atom is 0.178 e. The van der Waals surface area contributed by atoms with Crippen molar-refractivity contribution in [3.05, 3.63) is 32.0 Å². The van der Waals surface area contributed by atoms with E-state index in [1.807, 2.05) is 22.6 Å². The molecule has 0 heterocycles. The molecule has 0 spiro atoms. The van der Waals surface area contributed by atoms with Gasteiger partial charge in [-0.3, -0.25) is 0 Å². The first-order valence-electron chi connectivity index (χ1n) is 3.27. The predicted molar refractivity (Wildman–Crippen MR) is 54.5 cm³/mol. The van der Waals surface area contributed by atoms with Gasteiger partial charge < -0.3 is 4.74 Å². The molecule has 4 nitrogen and oxygen atoms in total. The molecule has 13 heavy (non-hydrogen) atoms. The molecule has 0 unspecified atom stereocenters. The molecule has 0 aliphatic rings. The fraction of sp³-hybridized carbons (Fsp3) is 0.143. The van der Waals surface area contributed by atoms with Gasteiger partial charge in [0.05, 0.1) is 16.4 Å². The van der Waals surface area contributed by atoms with Crippen molar-refractivity contribution >= 4 is 28.3 Å². The van der Waals surface area contributed by atoms with E-state index >= 15 is 0 Å². The highest BCUT2D eigenvalue weighted by Gasteiger charge is 2.10. The van der Waals surface area contributed by atoms with Crippen LogP contribution in [0.4, 0.5) is 10.1 Å². The minimum absolute atomic E-state index is 0.0234. The van der Waals surface area contributed by atoms with Crippen LogP contribution in [0.2, 0.25) is 0 Å². The van der Waals surface area contributed by atoms with Crippen LogP contribution in [0.25, 0.3) is 10.4 Å². The van der Waals surface area contributed by atoms with Gasteiger partial charge in [-0.2, -0.15) is 0 Å². The van der Waals surface area contributed by atoms with Gasteiger partial charge in [0.25, 0.3) is 0 Å². The number of hydrogen-bond donors (Lipinski definition) is 0. The van der Waals surface area contributed by atoms with Crippen LogP contribution in [0, 0.1) is 9.39 Å². The zero-order chi connectivity index (χ0) is 9.84. The number of halogens is 2. The van der Waals surface area contributed by atoms with Crippen molar-refractivity contribution in [3.8, 4) is 5.75 Å². The number of rotatable bonds is 2. The van der Waals surface area contributed by atoms with Gasteiger partial charge in [0.15, 0.2) is 11.6 Å². The normalized spacial score (nSPS) is 9.15. The standard InChI is InChI=1S/C7H5FIN3O/c1-13-7-5(11-12-10)3-2-4(9)6(7)8/h2-3H,1H3. The highest BCUT2D eigenvalue weighted by atomic mass is 127. The van der Waals surface area contributed by atoms with Crippen molar-refractivity contribution < 1.29 is 9.13 Å². The van der Waals surface area contributed by atoms with Gasteiger partial charge in [-0.1, -0.05) is 5.11 Å². The molecular formula is C7H5FIN3O. The lowest BCUT2D eigenvalue weighted by Gasteiger charge is -2.05. The molecule has 0 N–H and O–H groups in total. The highest BCUT2D eigenvalue weighted by Crippen LogP contribution is 2.32. The van der Waals surface area contributed by atoms with Crippen molar-refractivity contribution in [2.75, 3.05) is 7.11 Å². The van der Waals surface area contributed by atoms with Crippen LogP contribution < -0.4 is 4.74 Å². The Balaban J connectivity index is 3.37. The summed E-state index contributed by atoms with van der Waals surface area (Å²) in [6.45, 7) is 0. The van der Waals surface area contributed by atoms with Crippen LogP contribution >= 0.6 is 22.6 Å². The number of azide groups is 1. The third kappa shape index (κ3) is 2.02. The van der Waals surface area contributed by atoms with E-state index in [0.717, 1.165) is 0 Å². The molecule has 0 saturated heterocycles. The smallest absolute Gasteiger partial charge is 0.178 e. The average Bonchev–Trinajstić information content (AvgIpc) is 2.12. The van der Waals surface area contributed by atoms with Crippen LogP contribution in [0.15, 0.2) is 17.2 Å². The summed E-state index contributed by atoms with van der Waals surface area (Å²) in [7, 11) is 1.32. The molecule has 1 rings (SSSR count). The summed E-state index contributed by atoms with van der Waals surface area (Å²) in [5.41, 5.74) is 8.33. The van der Waals surface area contributed by atoms with Gasteiger partial charge in [-0.25, -0.2) is 4.39 Å². The second-order valence-corrected chi connectivity index (χ2v) is 3.27. The van der Waals surface area contributed by atoms with E-state index in [0.29, 0.717) is 3.57 Å². The molecule has 0 radical (unpaired) electrons. The van der Waals surface area contributed by atoms with Crippen LogP contribution in [0.3, 0.4) is 0 Å². The molecule has 0 fully saturated rings. The zero-order valence-electron chi connectivity index (χ0n) is 6.66. The molecule has 0 aromatic heterocycles. The lowest BCUT2D eigenvalue weighted by Crippen LogP contribution is -1.90. The van der Waals surface area contributed by atoms with Crippen molar-refractivity contribution in [1.29, 1.82) is 0 Å².